The van der Waals surface area contributed by atoms with Crippen LogP contribution in [-0.2, 0) is 15.6 Å². The van der Waals surface area contributed by atoms with E-state index in [1.165, 1.54) is 0 Å². The van der Waals surface area contributed by atoms with Crippen LogP contribution in [0.15, 0.2) is 24.3 Å². The minimum absolute atomic E-state index is 0.0153. The van der Waals surface area contributed by atoms with Crippen LogP contribution in [0.2, 0.25) is 0 Å². The molecule has 0 aliphatic carbocycles. The van der Waals surface area contributed by atoms with Crippen LogP contribution in [-0.4, -0.2) is 19.5 Å². The second kappa shape index (κ2) is 8.81. The molecule has 10 heteroatoms. The lowest BCUT2D eigenvalue weighted by Gasteiger charge is -2.30. The second-order valence-electron chi connectivity index (χ2n) is 6.73. The van der Waals surface area contributed by atoms with Crippen LogP contribution in [0.25, 0.3) is 0 Å². The Balaban J connectivity index is 1.82. The summed E-state index contributed by atoms with van der Waals surface area (Å²) >= 11 is 0. The van der Waals surface area contributed by atoms with Gasteiger partial charge in [-0.25, -0.2) is 22.0 Å². The lowest BCUT2D eigenvalue weighted by atomic mass is 9.97. The van der Waals surface area contributed by atoms with Crippen molar-refractivity contribution >= 4 is 0 Å². The van der Waals surface area contributed by atoms with Crippen molar-refractivity contribution < 1.29 is 44.9 Å². The molecule has 1 saturated heterocycles. The molecule has 2 aromatic carbocycles. The maximum atomic E-state index is 14.5. The van der Waals surface area contributed by atoms with Gasteiger partial charge in [0.1, 0.15) is 11.3 Å². The lowest BCUT2D eigenvalue weighted by molar-refractivity contribution is -0.190. The average molecular weight is 438 g/mol. The monoisotopic (exact) mass is 438 g/mol. The number of halogens is 7. The third kappa shape index (κ3) is 4.54. The molecule has 0 unspecified atom stereocenters. The molecule has 0 aromatic heterocycles. The SMILES string of the molecule is CCCC1OCC(c2ccc(C(F)(F)Oc3cc(F)c(F)c(F)c3)c(F)c2F)CO1. The minimum atomic E-state index is -4.49. The molecule has 3 rings (SSSR count). The van der Waals surface area contributed by atoms with Gasteiger partial charge in [0.15, 0.2) is 35.4 Å². The third-order valence-corrected chi connectivity index (χ3v) is 4.56. The van der Waals surface area contributed by atoms with E-state index in [9.17, 15) is 30.7 Å². The van der Waals surface area contributed by atoms with E-state index < -0.39 is 58.7 Å². The molecule has 0 N–H and O–H groups in total. The van der Waals surface area contributed by atoms with Crippen molar-refractivity contribution in [3.8, 4) is 5.75 Å². The van der Waals surface area contributed by atoms with Gasteiger partial charge in [0, 0.05) is 18.1 Å². The second-order valence-corrected chi connectivity index (χ2v) is 6.73. The van der Waals surface area contributed by atoms with E-state index in [1.807, 2.05) is 6.92 Å². The van der Waals surface area contributed by atoms with Crippen molar-refractivity contribution in [3.05, 3.63) is 64.5 Å². The summed E-state index contributed by atoms with van der Waals surface area (Å²) in [6, 6.07) is 1.87. The quantitative estimate of drug-likeness (QED) is 0.424. The third-order valence-electron chi connectivity index (χ3n) is 4.56. The number of hydrogen-bond acceptors (Lipinski definition) is 3. The van der Waals surface area contributed by atoms with Crippen molar-refractivity contribution in [2.24, 2.45) is 0 Å². The van der Waals surface area contributed by atoms with Crippen LogP contribution in [0.3, 0.4) is 0 Å². The number of alkyl halides is 2. The van der Waals surface area contributed by atoms with Gasteiger partial charge in [-0.3, -0.25) is 0 Å². The molecular weight excluding hydrogens is 421 g/mol. The smallest absolute Gasteiger partial charge is 0.429 e. The molecule has 0 spiro atoms. The van der Waals surface area contributed by atoms with Gasteiger partial charge >= 0.3 is 6.11 Å². The first-order valence-corrected chi connectivity index (χ1v) is 9.07. The molecule has 0 amide bonds. The zero-order valence-corrected chi connectivity index (χ0v) is 15.7. The highest BCUT2D eigenvalue weighted by atomic mass is 19.3. The summed E-state index contributed by atoms with van der Waals surface area (Å²) < 4.78 is 112. The molecule has 1 aliphatic rings. The minimum Gasteiger partial charge on any atom is -0.429 e. The number of benzene rings is 2. The molecule has 2 aromatic rings. The first-order valence-electron chi connectivity index (χ1n) is 9.07. The van der Waals surface area contributed by atoms with E-state index in [-0.39, 0.29) is 30.9 Å². The summed E-state index contributed by atoms with van der Waals surface area (Å²) in [5, 5.41) is 0. The topological polar surface area (TPSA) is 27.7 Å². The molecule has 3 nitrogen and oxygen atoms in total. The van der Waals surface area contributed by atoms with E-state index in [4.69, 9.17) is 9.47 Å². The van der Waals surface area contributed by atoms with E-state index in [2.05, 4.69) is 4.74 Å². The van der Waals surface area contributed by atoms with Crippen molar-refractivity contribution in [2.45, 2.75) is 38.1 Å². The molecule has 0 atom stereocenters. The Kier molecular flexibility index (Phi) is 6.56. The zero-order chi connectivity index (χ0) is 22.1. The molecule has 30 heavy (non-hydrogen) atoms. The molecule has 164 valence electrons. The van der Waals surface area contributed by atoms with Crippen LogP contribution in [0.1, 0.15) is 36.8 Å². The molecule has 0 saturated carbocycles. The average Bonchev–Trinajstić information content (AvgIpc) is 2.68. The predicted molar refractivity (Wildman–Crippen MR) is 90.5 cm³/mol. The number of ether oxygens (including phenoxy) is 3. The normalized spacial score (nSPS) is 19.7. The summed E-state index contributed by atoms with van der Waals surface area (Å²) in [6.07, 6.45) is -3.54. The van der Waals surface area contributed by atoms with Crippen LogP contribution < -0.4 is 4.74 Å². The summed E-state index contributed by atoms with van der Waals surface area (Å²) in [5.41, 5.74) is -1.71. The van der Waals surface area contributed by atoms with Crippen LogP contribution in [0.5, 0.6) is 5.75 Å². The maximum Gasteiger partial charge on any atom is 0.429 e. The van der Waals surface area contributed by atoms with Crippen molar-refractivity contribution in [2.75, 3.05) is 13.2 Å². The van der Waals surface area contributed by atoms with E-state index in [0.717, 1.165) is 12.5 Å². The van der Waals surface area contributed by atoms with Gasteiger partial charge in [0.2, 0.25) is 0 Å². The molecule has 1 fully saturated rings. The molecule has 0 bridgehead atoms. The highest BCUT2D eigenvalue weighted by molar-refractivity contribution is 5.33. The fourth-order valence-electron chi connectivity index (χ4n) is 3.02. The van der Waals surface area contributed by atoms with Crippen LogP contribution in [0.4, 0.5) is 30.7 Å². The fraction of sp³-hybridized carbons (Fsp3) is 0.400. The first-order chi connectivity index (χ1) is 14.1. The van der Waals surface area contributed by atoms with Crippen molar-refractivity contribution in [1.82, 2.24) is 0 Å². The van der Waals surface area contributed by atoms with Gasteiger partial charge in [-0.2, -0.15) is 8.78 Å². The summed E-state index contributed by atoms with van der Waals surface area (Å²) in [6.45, 7) is 1.95. The lowest BCUT2D eigenvalue weighted by Crippen LogP contribution is -2.31. The van der Waals surface area contributed by atoms with Gasteiger partial charge in [-0.15, -0.1) is 0 Å². The van der Waals surface area contributed by atoms with E-state index >= 15 is 0 Å². The Morgan fingerprint density at radius 1 is 0.933 bits per heavy atom. The highest BCUT2D eigenvalue weighted by Crippen LogP contribution is 2.37. The van der Waals surface area contributed by atoms with E-state index in [0.29, 0.717) is 12.5 Å². The summed E-state index contributed by atoms with van der Waals surface area (Å²) in [5.74, 6) is -10.7. The molecule has 1 heterocycles. The predicted octanol–water partition coefficient (Wildman–Crippen LogP) is 5.77. The van der Waals surface area contributed by atoms with Crippen molar-refractivity contribution in [1.29, 1.82) is 0 Å². The highest BCUT2D eigenvalue weighted by Gasteiger charge is 2.40. The Morgan fingerprint density at radius 2 is 1.53 bits per heavy atom. The Morgan fingerprint density at radius 3 is 2.10 bits per heavy atom. The number of rotatable bonds is 6. The first kappa shape index (κ1) is 22.4. The fourth-order valence-corrected chi connectivity index (χ4v) is 3.02. The van der Waals surface area contributed by atoms with Gasteiger partial charge in [-0.1, -0.05) is 19.4 Å². The standard InChI is InChI=1S/C20H17F7O3/c1-2-3-16-28-8-10(9-29-16)12-4-5-13(18(24)17(12)23)20(26,27)30-11-6-14(21)19(25)15(22)7-11/h4-7,10,16H,2-3,8-9H2,1H3. The van der Waals surface area contributed by atoms with Gasteiger partial charge in [0.25, 0.3) is 0 Å². The van der Waals surface area contributed by atoms with Crippen LogP contribution >= 0.6 is 0 Å². The van der Waals surface area contributed by atoms with E-state index in [1.54, 1.807) is 0 Å². The van der Waals surface area contributed by atoms with Crippen LogP contribution in [0, 0.1) is 29.1 Å². The largest absolute Gasteiger partial charge is 0.429 e. The molecule has 1 aliphatic heterocycles. The summed E-state index contributed by atoms with van der Waals surface area (Å²) in [4.78, 5) is 0. The number of hydrogen-bond donors (Lipinski definition) is 0. The summed E-state index contributed by atoms with van der Waals surface area (Å²) in [7, 11) is 0. The van der Waals surface area contributed by atoms with Crippen molar-refractivity contribution in [3.63, 3.8) is 0 Å². The Labute approximate surface area is 167 Å². The maximum absolute atomic E-state index is 14.5. The Bertz CT molecular complexity index is 889. The van der Waals surface area contributed by atoms with Gasteiger partial charge in [-0.05, 0) is 18.1 Å². The molecular formula is C20H17F7O3. The molecule has 0 radical (unpaired) electrons. The zero-order valence-electron chi connectivity index (χ0n) is 15.7. The Hall–Kier alpha value is -2.33. The van der Waals surface area contributed by atoms with Gasteiger partial charge < -0.3 is 14.2 Å². The van der Waals surface area contributed by atoms with Gasteiger partial charge in [0.05, 0.1) is 13.2 Å².